The van der Waals surface area contributed by atoms with Gasteiger partial charge < -0.3 is 10.1 Å². The fourth-order valence-electron chi connectivity index (χ4n) is 3.30. The number of rotatable bonds is 5. The maximum absolute atomic E-state index is 12.9. The lowest BCUT2D eigenvalue weighted by molar-refractivity contribution is -0.137. The zero-order chi connectivity index (χ0) is 21.0. The molecule has 156 valence electrons. The van der Waals surface area contributed by atoms with Gasteiger partial charge in [-0.2, -0.15) is 13.2 Å². The molecule has 0 unspecified atom stereocenters. The van der Waals surface area contributed by atoms with Crippen LogP contribution in [0.25, 0.3) is 0 Å². The second-order valence-corrected chi connectivity index (χ2v) is 7.15. The highest BCUT2D eigenvalue weighted by atomic mass is 35.5. The van der Waals surface area contributed by atoms with Crippen LogP contribution in [0.3, 0.4) is 0 Å². The number of aryl methyl sites for hydroxylation is 1. The molecule has 9 heteroatoms. The molecule has 0 bridgehead atoms. The van der Waals surface area contributed by atoms with Crippen LogP contribution in [0, 0.1) is 6.92 Å². The normalized spacial score (nSPS) is 16.4. The second kappa shape index (κ2) is 9.11. The average molecular weight is 428 g/mol. The molecule has 5 nitrogen and oxygen atoms in total. The van der Waals surface area contributed by atoms with Crippen LogP contribution < -0.4 is 5.32 Å². The molecule has 2 heterocycles. The van der Waals surface area contributed by atoms with Gasteiger partial charge in [-0.15, -0.1) is 0 Å². The molecule has 1 aromatic carbocycles. The van der Waals surface area contributed by atoms with Crippen molar-refractivity contribution in [1.29, 1.82) is 0 Å². The summed E-state index contributed by atoms with van der Waals surface area (Å²) in [4.78, 5) is 18.8. The first kappa shape index (κ1) is 21.5. The molecule has 2 aromatic rings. The highest BCUT2D eigenvalue weighted by Crippen LogP contribution is 2.31. The van der Waals surface area contributed by atoms with Crippen molar-refractivity contribution in [2.24, 2.45) is 0 Å². The minimum Gasteiger partial charge on any atom is -0.379 e. The van der Waals surface area contributed by atoms with E-state index in [4.69, 9.17) is 16.3 Å². The van der Waals surface area contributed by atoms with Gasteiger partial charge in [0.1, 0.15) is 5.15 Å². The summed E-state index contributed by atoms with van der Waals surface area (Å²) in [5, 5.41) is 3.17. The van der Waals surface area contributed by atoms with Crippen LogP contribution in [0.1, 0.15) is 33.2 Å². The Morgan fingerprint density at radius 2 is 1.86 bits per heavy atom. The van der Waals surface area contributed by atoms with Gasteiger partial charge in [0.15, 0.2) is 0 Å². The topological polar surface area (TPSA) is 54.5 Å². The van der Waals surface area contributed by atoms with E-state index in [-0.39, 0.29) is 18.5 Å². The predicted octanol–water partition coefficient (Wildman–Crippen LogP) is 3.87. The standard InChI is InChI=1S/C20H21ClF3N3O2/c1-13-16(6-7-18(21)26-13)19(28)25-12-17(27-8-10-29-11-9-27)14-2-4-15(5-3-14)20(22,23)24/h2-7,17H,8-12H2,1H3,(H,25,28)/t17-/m1/s1. The molecule has 1 saturated heterocycles. The van der Waals surface area contributed by atoms with Gasteiger partial charge in [0.05, 0.1) is 36.1 Å². The number of aromatic nitrogens is 1. The Morgan fingerprint density at radius 1 is 1.21 bits per heavy atom. The van der Waals surface area contributed by atoms with E-state index in [1.54, 1.807) is 19.1 Å². The zero-order valence-electron chi connectivity index (χ0n) is 15.8. The van der Waals surface area contributed by atoms with Crippen molar-refractivity contribution in [3.8, 4) is 0 Å². The van der Waals surface area contributed by atoms with Gasteiger partial charge in [-0.05, 0) is 36.8 Å². The summed E-state index contributed by atoms with van der Waals surface area (Å²) in [6.45, 7) is 4.26. The maximum atomic E-state index is 12.9. The number of ether oxygens (including phenoxy) is 1. The molecule has 1 N–H and O–H groups in total. The third kappa shape index (κ3) is 5.46. The molecule has 1 aliphatic heterocycles. The van der Waals surface area contributed by atoms with Gasteiger partial charge in [0, 0.05) is 19.6 Å². The molecule has 0 saturated carbocycles. The van der Waals surface area contributed by atoms with Crippen LogP contribution in [0.15, 0.2) is 36.4 Å². The van der Waals surface area contributed by atoms with Gasteiger partial charge in [-0.1, -0.05) is 23.7 Å². The summed E-state index contributed by atoms with van der Waals surface area (Å²) in [6.07, 6.45) is -4.39. The average Bonchev–Trinajstić information content (AvgIpc) is 2.68. The van der Waals surface area contributed by atoms with Gasteiger partial charge in [-0.25, -0.2) is 4.98 Å². The molecule has 29 heavy (non-hydrogen) atoms. The van der Waals surface area contributed by atoms with E-state index in [2.05, 4.69) is 15.2 Å². The van der Waals surface area contributed by atoms with Gasteiger partial charge >= 0.3 is 6.18 Å². The number of carbonyl (C=O) groups excluding carboxylic acids is 1. The number of hydrogen-bond acceptors (Lipinski definition) is 4. The van der Waals surface area contributed by atoms with E-state index >= 15 is 0 Å². The van der Waals surface area contributed by atoms with Crippen molar-refractivity contribution in [2.75, 3.05) is 32.8 Å². The lowest BCUT2D eigenvalue weighted by Gasteiger charge is -2.35. The summed E-state index contributed by atoms with van der Waals surface area (Å²) in [6, 6.07) is 7.93. The highest BCUT2D eigenvalue weighted by Gasteiger charge is 2.31. The van der Waals surface area contributed by atoms with Crippen LogP contribution in [-0.4, -0.2) is 48.6 Å². The van der Waals surface area contributed by atoms with E-state index in [0.29, 0.717) is 48.3 Å². The van der Waals surface area contributed by atoms with E-state index in [1.165, 1.54) is 12.1 Å². The number of nitrogens with zero attached hydrogens (tertiary/aromatic N) is 2. The molecule has 0 radical (unpaired) electrons. The smallest absolute Gasteiger partial charge is 0.379 e. The molecule has 0 aliphatic carbocycles. The number of amides is 1. The van der Waals surface area contributed by atoms with Crippen LogP contribution in [0.2, 0.25) is 5.15 Å². The van der Waals surface area contributed by atoms with Crippen molar-refractivity contribution in [2.45, 2.75) is 19.1 Å². The van der Waals surface area contributed by atoms with Crippen LogP contribution in [0.4, 0.5) is 13.2 Å². The summed E-state index contributed by atoms with van der Waals surface area (Å²) in [5.41, 5.74) is 0.912. The SMILES string of the molecule is Cc1nc(Cl)ccc1C(=O)NC[C@H](c1ccc(C(F)(F)F)cc1)N1CCOCC1. The Morgan fingerprint density at radius 3 is 2.45 bits per heavy atom. The largest absolute Gasteiger partial charge is 0.416 e. The summed E-state index contributed by atoms with van der Waals surface area (Å²) < 4.78 is 44.0. The van der Waals surface area contributed by atoms with E-state index in [1.807, 2.05) is 0 Å². The monoisotopic (exact) mass is 427 g/mol. The molecule has 0 spiro atoms. The zero-order valence-corrected chi connectivity index (χ0v) is 16.6. The minimum atomic E-state index is -4.39. The molecular formula is C20H21ClF3N3O2. The van der Waals surface area contributed by atoms with Gasteiger partial charge in [0.25, 0.3) is 5.91 Å². The number of benzene rings is 1. The van der Waals surface area contributed by atoms with E-state index in [0.717, 1.165) is 12.1 Å². The van der Waals surface area contributed by atoms with Gasteiger partial charge in [-0.3, -0.25) is 9.69 Å². The lowest BCUT2D eigenvalue weighted by atomic mass is 10.0. The Kier molecular flexibility index (Phi) is 6.77. The fourth-order valence-corrected chi connectivity index (χ4v) is 3.49. The first-order chi connectivity index (χ1) is 13.8. The van der Waals surface area contributed by atoms with Crippen molar-refractivity contribution in [3.63, 3.8) is 0 Å². The van der Waals surface area contributed by atoms with Crippen LogP contribution in [-0.2, 0) is 10.9 Å². The van der Waals surface area contributed by atoms with Gasteiger partial charge in [0.2, 0.25) is 0 Å². The predicted molar refractivity (Wildman–Crippen MR) is 103 cm³/mol. The number of hydrogen-bond donors (Lipinski definition) is 1. The van der Waals surface area contributed by atoms with E-state index < -0.39 is 11.7 Å². The number of alkyl halides is 3. The summed E-state index contributed by atoms with van der Waals surface area (Å²) in [5.74, 6) is -0.308. The third-order valence-electron chi connectivity index (χ3n) is 4.86. The number of morpholine rings is 1. The lowest BCUT2D eigenvalue weighted by Crippen LogP contribution is -2.44. The van der Waals surface area contributed by atoms with Crippen LogP contribution >= 0.6 is 11.6 Å². The Bertz CT molecular complexity index is 853. The fraction of sp³-hybridized carbons (Fsp3) is 0.400. The third-order valence-corrected chi connectivity index (χ3v) is 5.07. The number of carbonyl (C=O) groups is 1. The van der Waals surface area contributed by atoms with Crippen molar-refractivity contribution < 1.29 is 22.7 Å². The molecular weight excluding hydrogens is 407 g/mol. The summed E-state index contributed by atoms with van der Waals surface area (Å²) in [7, 11) is 0. The second-order valence-electron chi connectivity index (χ2n) is 6.76. The highest BCUT2D eigenvalue weighted by molar-refractivity contribution is 6.29. The first-order valence-corrected chi connectivity index (χ1v) is 9.54. The molecule has 1 fully saturated rings. The number of halogens is 4. The quantitative estimate of drug-likeness (QED) is 0.736. The molecule has 1 amide bonds. The molecule has 3 rings (SSSR count). The Balaban J connectivity index is 1.77. The Labute approximate surface area is 171 Å². The molecule has 1 aliphatic rings. The van der Waals surface area contributed by atoms with E-state index in [9.17, 15) is 18.0 Å². The minimum absolute atomic E-state index is 0.242. The molecule has 1 aromatic heterocycles. The maximum Gasteiger partial charge on any atom is 0.416 e. The van der Waals surface area contributed by atoms with Crippen molar-refractivity contribution >= 4 is 17.5 Å². The van der Waals surface area contributed by atoms with Crippen molar-refractivity contribution in [3.05, 3.63) is 63.9 Å². The Hall–Kier alpha value is -2.16. The number of nitrogens with one attached hydrogen (secondary N) is 1. The van der Waals surface area contributed by atoms with Crippen molar-refractivity contribution in [1.82, 2.24) is 15.2 Å². The van der Waals surface area contributed by atoms with Crippen LogP contribution in [0.5, 0.6) is 0 Å². The molecule has 1 atom stereocenters. The first-order valence-electron chi connectivity index (χ1n) is 9.16. The number of pyridine rings is 1. The summed E-state index contributed by atoms with van der Waals surface area (Å²) >= 11 is 5.83.